The van der Waals surface area contributed by atoms with Crippen molar-refractivity contribution < 1.29 is 18.7 Å². The Kier molecular flexibility index (Phi) is 5.47. The molecule has 0 spiro atoms. The molecule has 0 aliphatic rings. The van der Waals surface area contributed by atoms with Crippen LogP contribution in [0.3, 0.4) is 0 Å². The van der Waals surface area contributed by atoms with Crippen LogP contribution in [0.25, 0.3) is 21.5 Å². The molecule has 0 saturated carbocycles. The van der Waals surface area contributed by atoms with Crippen molar-refractivity contribution in [2.24, 2.45) is 0 Å². The van der Waals surface area contributed by atoms with Gasteiger partial charge in [0.25, 0.3) is 5.91 Å². The number of benzene rings is 1. The summed E-state index contributed by atoms with van der Waals surface area (Å²) < 4.78 is 28.4. The second-order valence-corrected chi connectivity index (χ2v) is 7.57. The van der Waals surface area contributed by atoms with Gasteiger partial charge in [-0.15, -0.1) is 0 Å². The number of pyridine rings is 2. The van der Waals surface area contributed by atoms with E-state index < -0.39 is 23.6 Å². The summed E-state index contributed by atoms with van der Waals surface area (Å²) in [6.45, 7) is 1.79. The highest BCUT2D eigenvalue weighted by molar-refractivity contribution is 7.22. The van der Waals surface area contributed by atoms with Crippen LogP contribution in [0.2, 0.25) is 0 Å². The van der Waals surface area contributed by atoms with E-state index >= 15 is 0 Å². The molecule has 0 aliphatic carbocycles. The largest absolute Gasteiger partial charge is 0.388 e. The molecule has 152 valence electrons. The third-order valence-electron chi connectivity index (χ3n) is 4.47. The zero-order valence-electron chi connectivity index (χ0n) is 15.8. The second kappa shape index (κ2) is 8.21. The van der Waals surface area contributed by atoms with Gasteiger partial charge in [0.1, 0.15) is 23.0 Å². The van der Waals surface area contributed by atoms with Crippen LogP contribution in [-0.2, 0) is 0 Å². The average Bonchev–Trinajstić information content (AvgIpc) is 3.14. The number of anilines is 1. The number of hydrogen-bond donors (Lipinski definition) is 2. The molecule has 9 heteroatoms. The van der Waals surface area contributed by atoms with Gasteiger partial charge in [-0.05, 0) is 36.8 Å². The van der Waals surface area contributed by atoms with E-state index in [1.54, 1.807) is 13.0 Å². The van der Waals surface area contributed by atoms with Crippen molar-refractivity contribution in [2.45, 2.75) is 19.4 Å². The van der Waals surface area contributed by atoms with Crippen LogP contribution in [0, 0.1) is 11.6 Å². The number of nitrogens with zero attached hydrogens (tertiary/aromatic N) is 3. The SMILES string of the molecule is CC[C@@H](O)c1cnc(-c2ccc(C(=O)Nc3nc4cc(F)ccc4s3)nc2)c(F)c1. The second-order valence-electron chi connectivity index (χ2n) is 6.54. The summed E-state index contributed by atoms with van der Waals surface area (Å²) in [5, 5.41) is 12.8. The molecule has 3 aromatic heterocycles. The minimum Gasteiger partial charge on any atom is -0.388 e. The number of carbonyl (C=O) groups is 1. The molecule has 30 heavy (non-hydrogen) atoms. The number of rotatable bonds is 5. The number of carbonyl (C=O) groups excluding carboxylic acids is 1. The summed E-state index contributed by atoms with van der Waals surface area (Å²) in [5.41, 5.74) is 1.45. The summed E-state index contributed by atoms with van der Waals surface area (Å²) in [7, 11) is 0. The molecule has 0 fully saturated rings. The van der Waals surface area contributed by atoms with Gasteiger partial charge < -0.3 is 5.11 Å². The third kappa shape index (κ3) is 4.03. The van der Waals surface area contributed by atoms with Crippen LogP contribution >= 0.6 is 11.3 Å². The molecule has 3 heterocycles. The first-order chi connectivity index (χ1) is 14.4. The number of fused-ring (bicyclic) bond motifs is 1. The van der Waals surface area contributed by atoms with Crippen molar-refractivity contribution in [1.82, 2.24) is 15.0 Å². The maximum Gasteiger partial charge on any atom is 0.276 e. The maximum absolute atomic E-state index is 14.4. The first kappa shape index (κ1) is 20.0. The molecule has 6 nitrogen and oxygen atoms in total. The van der Waals surface area contributed by atoms with Crippen molar-refractivity contribution >= 4 is 32.6 Å². The molecule has 0 bridgehead atoms. The van der Waals surface area contributed by atoms with E-state index in [0.29, 0.717) is 28.2 Å². The molecular weight excluding hydrogens is 410 g/mol. The first-order valence-electron chi connectivity index (χ1n) is 9.12. The van der Waals surface area contributed by atoms with Gasteiger partial charge in [0.2, 0.25) is 0 Å². The van der Waals surface area contributed by atoms with Crippen LogP contribution in [-0.4, -0.2) is 26.0 Å². The zero-order valence-corrected chi connectivity index (χ0v) is 16.6. The molecular formula is C21H16F2N4O2S. The summed E-state index contributed by atoms with van der Waals surface area (Å²) in [6.07, 6.45) is 2.45. The minimum atomic E-state index is -0.774. The predicted molar refractivity (Wildman–Crippen MR) is 110 cm³/mol. The number of hydrogen-bond acceptors (Lipinski definition) is 6. The van der Waals surface area contributed by atoms with Crippen LogP contribution in [0.4, 0.5) is 13.9 Å². The summed E-state index contributed by atoms with van der Waals surface area (Å²) in [5.74, 6) is -1.47. The van der Waals surface area contributed by atoms with Crippen molar-refractivity contribution in [2.75, 3.05) is 5.32 Å². The molecule has 0 radical (unpaired) electrons. The van der Waals surface area contributed by atoms with E-state index in [-0.39, 0.29) is 11.4 Å². The topological polar surface area (TPSA) is 88.0 Å². The Balaban J connectivity index is 1.52. The molecule has 0 aliphatic heterocycles. The molecule has 0 saturated heterocycles. The highest BCUT2D eigenvalue weighted by Gasteiger charge is 2.15. The summed E-state index contributed by atoms with van der Waals surface area (Å²) >= 11 is 1.22. The fourth-order valence-corrected chi connectivity index (χ4v) is 3.71. The smallest absolute Gasteiger partial charge is 0.276 e. The number of aliphatic hydroxyl groups excluding tert-OH is 1. The molecule has 1 atom stereocenters. The minimum absolute atomic E-state index is 0.0784. The molecule has 4 rings (SSSR count). The van der Waals surface area contributed by atoms with E-state index in [1.807, 2.05) is 0 Å². The fraction of sp³-hybridized carbons (Fsp3) is 0.143. The van der Waals surface area contributed by atoms with Gasteiger partial charge in [-0.3, -0.25) is 20.1 Å². The summed E-state index contributed by atoms with van der Waals surface area (Å²) in [4.78, 5) is 24.8. The standard InChI is InChI=1S/C21H16F2N4O2S/c1-2-17(28)12-7-14(23)19(25-10-12)11-3-5-15(24-9-11)20(29)27-21-26-16-8-13(22)4-6-18(16)30-21/h3-10,17,28H,2H2,1H3,(H,26,27,29)/t17-/m1/s1. The average molecular weight is 426 g/mol. The van der Waals surface area contributed by atoms with Crippen LogP contribution < -0.4 is 5.32 Å². The molecule has 2 N–H and O–H groups in total. The lowest BCUT2D eigenvalue weighted by Gasteiger charge is -2.10. The van der Waals surface area contributed by atoms with E-state index in [0.717, 1.165) is 4.70 Å². The quantitative estimate of drug-likeness (QED) is 0.482. The van der Waals surface area contributed by atoms with Gasteiger partial charge >= 0.3 is 0 Å². The van der Waals surface area contributed by atoms with Crippen molar-refractivity contribution in [3.8, 4) is 11.3 Å². The van der Waals surface area contributed by atoms with Gasteiger partial charge in [0.05, 0.1) is 16.3 Å². The van der Waals surface area contributed by atoms with Crippen molar-refractivity contribution in [1.29, 1.82) is 0 Å². The Morgan fingerprint density at radius 1 is 1.17 bits per heavy atom. The number of aromatic nitrogens is 3. The number of halogens is 2. The van der Waals surface area contributed by atoms with E-state index in [1.165, 1.54) is 54.1 Å². The number of amides is 1. The molecule has 1 amide bonds. The molecule has 1 aromatic carbocycles. The Labute approximate surface area is 174 Å². The highest BCUT2D eigenvalue weighted by Crippen LogP contribution is 2.27. The lowest BCUT2D eigenvalue weighted by molar-refractivity contribution is 0.102. The van der Waals surface area contributed by atoms with Crippen LogP contribution in [0.15, 0.2) is 48.8 Å². The van der Waals surface area contributed by atoms with Gasteiger partial charge in [0, 0.05) is 29.6 Å². The summed E-state index contributed by atoms with van der Waals surface area (Å²) in [6, 6.07) is 8.45. The molecule has 0 unspecified atom stereocenters. The first-order valence-corrected chi connectivity index (χ1v) is 9.93. The Hall–Kier alpha value is -3.30. The lowest BCUT2D eigenvalue weighted by Crippen LogP contribution is -2.13. The van der Waals surface area contributed by atoms with E-state index in [2.05, 4.69) is 20.3 Å². The number of thiazole rings is 1. The fourth-order valence-electron chi connectivity index (χ4n) is 2.87. The van der Waals surface area contributed by atoms with Gasteiger partial charge in [-0.1, -0.05) is 18.3 Å². The van der Waals surface area contributed by atoms with Crippen LogP contribution in [0.1, 0.15) is 35.5 Å². The van der Waals surface area contributed by atoms with Crippen molar-refractivity contribution in [3.63, 3.8) is 0 Å². The lowest BCUT2D eigenvalue weighted by atomic mass is 10.1. The van der Waals surface area contributed by atoms with E-state index in [9.17, 15) is 18.7 Å². The monoisotopic (exact) mass is 426 g/mol. The number of aliphatic hydroxyl groups is 1. The number of nitrogens with one attached hydrogen (secondary N) is 1. The highest BCUT2D eigenvalue weighted by atomic mass is 32.1. The Bertz CT molecular complexity index is 1230. The third-order valence-corrected chi connectivity index (χ3v) is 5.43. The van der Waals surface area contributed by atoms with Crippen molar-refractivity contribution in [3.05, 3.63) is 71.7 Å². The maximum atomic E-state index is 14.4. The molecule has 4 aromatic rings. The van der Waals surface area contributed by atoms with Gasteiger partial charge in [-0.2, -0.15) is 0 Å². The Morgan fingerprint density at radius 2 is 2.00 bits per heavy atom. The normalized spacial score (nSPS) is 12.1. The predicted octanol–water partition coefficient (Wildman–Crippen LogP) is 4.73. The van der Waals surface area contributed by atoms with Gasteiger partial charge in [0.15, 0.2) is 5.13 Å². The van der Waals surface area contributed by atoms with Gasteiger partial charge in [-0.25, -0.2) is 13.8 Å². The zero-order chi connectivity index (χ0) is 21.3. The Morgan fingerprint density at radius 3 is 2.70 bits per heavy atom. The van der Waals surface area contributed by atoms with Crippen LogP contribution in [0.5, 0.6) is 0 Å². The van der Waals surface area contributed by atoms with E-state index in [4.69, 9.17) is 0 Å².